The molecule has 0 aliphatic rings. The van der Waals surface area contributed by atoms with Crippen LogP contribution in [0.3, 0.4) is 0 Å². The predicted molar refractivity (Wildman–Crippen MR) is 63.3 cm³/mol. The Morgan fingerprint density at radius 2 is 2.13 bits per heavy atom. The van der Waals surface area contributed by atoms with Crippen molar-refractivity contribution in [3.8, 4) is 0 Å². The van der Waals surface area contributed by atoms with E-state index in [9.17, 15) is 0 Å². The summed E-state index contributed by atoms with van der Waals surface area (Å²) >= 11 is 1.40. The molecular formula is C10H19N3OS. The first kappa shape index (κ1) is 12.4. The summed E-state index contributed by atoms with van der Waals surface area (Å²) in [6.07, 6.45) is 0.945. The van der Waals surface area contributed by atoms with Gasteiger partial charge in [0.2, 0.25) is 5.13 Å². The number of hydrogen-bond donors (Lipinski definition) is 1. The Hall–Kier alpha value is -0.680. The van der Waals surface area contributed by atoms with E-state index in [-0.39, 0.29) is 6.10 Å². The van der Waals surface area contributed by atoms with Crippen molar-refractivity contribution in [2.45, 2.75) is 46.3 Å². The van der Waals surface area contributed by atoms with Gasteiger partial charge < -0.3 is 10.1 Å². The molecule has 5 heteroatoms. The molecule has 1 atom stereocenters. The third-order valence-corrected chi connectivity index (χ3v) is 2.54. The summed E-state index contributed by atoms with van der Waals surface area (Å²) in [7, 11) is 0. The zero-order chi connectivity index (χ0) is 11.3. The van der Waals surface area contributed by atoms with E-state index in [0.29, 0.717) is 12.6 Å². The average Bonchev–Trinajstić information content (AvgIpc) is 2.61. The largest absolute Gasteiger partial charge is 0.370 e. The van der Waals surface area contributed by atoms with E-state index in [1.807, 2.05) is 6.92 Å². The number of anilines is 1. The van der Waals surface area contributed by atoms with Gasteiger partial charge in [0, 0.05) is 24.2 Å². The number of ether oxygens (including phenoxy) is 1. The van der Waals surface area contributed by atoms with Crippen LogP contribution in [0.4, 0.5) is 5.13 Å². The van der Waals surface area contributed by atoms with Crippen LogP contribution in [0.15, 0.2) is 0 Å². The molecule has 0 fully saturated rings. The van der Waals surface area contributed by atoms with Crippen molar-refractivity contribution in [3.63, 3.8) is 0 Å². The Morgan fingerprint density at radius 1 is 1.40 bits per heavy atom. The summed E-state index contributed by atoms with van der Waals surface area (Å²) < 4.78 is 9.85. The molecule has 0 saturated carbocycles. The lowest BCUT2D eigenvalue weighted by Gasteiger charge is -2.10. The molecule has 1 aromatic heterocycles. The highest BCUT2D eigenvalue weighted by Gasteiger charge is 2.15. The number of nitrogens with one attached hydrogen (secondary N) is 1. The second kappa shape index (κ2) is 6.02. The molecule has 0 aromatic carbocycles. The minimum absolute atomic E-state index is 0.0361. The van der Waals surface area contributed by atoms with Crippen molar-refractivity contribution in [2.24, 2.45) is 0 Å². The summed E-state index contributed by atoms with van der Waals surface area (Å²) in [4.78, 5) is 4.41. The third kappa shape index (κ3) is 3.76. The molecule has 4 nitrogen and oxygen atoms in total. The van der Waals surface area contributed by atoms with Gasteiger partial charge in [0.1, 0.15) is 6.10 Å². The van der Waals surface area contributed by atoms with E-state index < -0.39 is 0 Å². The Bertz CT molecular complexity index is 288. The second-order valence-electron chi connectivity index (χ2n) is 3.61. The lowest BCUT2D eigenvalue weighted by molar-refractivity contribution is 0.0544. The zero-order valence-electron chi connectivity index (χ0n) is 9.78. The standard InChI is InChI=1S/C10H19N3OS/c1-5-8(14-6-2)9-12-10(15-13-9)11-7(3)4/h7-8H,5-6H2,1-4H3,(H,11,12,13). The van der Waals surface area contributed by atoms with Crippen LogP contribution in [0.25, 0.3) is 0 Å². The molecule has 0 saturated heterocycles. The summed E-state index contributed by atoms with van der Waals surface area (Å²) in [6.45, 7) is 8.94. The molecule has 1 unspecified atom stereocenters. The van der Waals surface area contributed by atoms with Gasteiger partial charge in [-0.3, -0.25) is 0 Å². The van der Waals surface area contributed by atoms with Crippen LogP contribution >= 0.6 is 11.5 Å². The molecule has 86 valence electrons. The second-order valence-corrected chi connectivity index (χ2v) is 4.36. The van der Waals surface area contributed by atoms with E-state index >= 15 is 0 Å². The molecule has 0 aliphatic carbocycles. The lowest BCUT2D eigenvalue weighted by Crippen LogP contribution is -2.10. The van der Waals surface area contributed by atoms with Gasteiger partial charge in [-0.15, -0.1) is 0 Å². The fraction of sp³-hybridized carbons (Fsp3) is 0.800. The van der Waals surface area contributed by atoms with Gasteiger partial charge in [-0.2, -0.15) is 4.37 Å². The quantitative estimate of drug-likeness (QED) is 0.814. The van der Waals surface area contributed by atoms with Crippen LogP contribution in [0.1, 0.15) is 46.0 Å². The van der Waals surface area contributed by atoms with Gasteiger partial charge in [-0.25, -0.2) is 4.98 Å². The van der Waals surface area contributed by atoms with Gasteiger partial charge in [0.15, 0.2) is 5.82 Å². The maximum Gasteiger partial charge on any atom is 0.202 e. The SMILES string of the molecule is CCOC(CC)c1nsc(NC(C)C)n1. The van der Waals surface area contributed by atoms with E-state index in [4.69, 9.17) is 4.74 Å². The Kier molecular flexibility index (Phi) is 4.98. The molecule has 0 aliphatic heterocycles. The van der Waals surface area contributed by atoms with E-state index in [1.165, 1.54) is 11.5 Å². The highest BCUT2D eigenvalue weighted by Crippen LogP contribution is 2.22. The number of rotatable bonds is 6. The summed E-state index contributed by atoms with van der Waals surface area (Å²) in [5, 5.41) is 4.11. The molecule has 0 spiro atoms. The van der Waals surface area contributed by atoms with Gasteiger partial charge in [-0.1, -0.05) is 6.92 Å². The molecule has 0 amide bonds. The van der Waals surface area contributed by atoms with Crippen molar-refractivity contribution >= 4 is 16.7 Å². The molecule has 1 N–H and O–H groups in total. The van der Waals surface area contributed by atoms with E-state index in [2.05, 4.69) is 35.4 Å². The van der Waals surface area contributed by atoms with Gasteiger partial charge >= 0.3 is 0 Å². The van der Waals surface area contributed by atoms with Crippen molar-refractivity contribution in [1.29, 1.82) is 0 Å². The van der Waals surface area contributed by atoms with Crippen LogP contribution < -0.4 is 5.32 Å². The highest BCUT2D eigenvalue weighted by atomic mass is 32.1. The number of aromatic nitrogens is 2. The average molecular weight is 229 g/mol. The first-order chi connectivity index (χ1) is 7.17. The van der Waals surface area contributed by atoms with Gasteiger partial charge in [0.05, 0.1) is 0 Å². The van der Waals surface area contributed by atoms with Crippen LogP contribution in [0.5, 0.6) is 0 Å². The molecule has 1 rings (SSSR count). The Labute approximate surface area is 95.2 Å². The summed E-state index contributed by atoms with van der Waals surface area (Å²) in [5.74, 6) is 0.799. The first-order valence-corrected chi connectivity index (χ1v) is 6.16. The van der Waals surface area contributed by atoms with Crippen LogP contribution in [0, 0.1) is 0 Å². The van der Waals surface area contributed by atoms with Crippen molar-refractivity contribution in [2.75, 3.05) is 11.9 Å². The molecule has 0 radical (unpaired) electrons. The molecule has 1 aromatic rings. The first-order valence-electron chi connectivity index (χ1n) is 5.39. The smallest absolute Gasteiger partial charge is 0.202 e. The van der Waals surface area contributed by atoms with Crippen molar-refractivity contribution in [3.05, 3.63) is 5.82 Å². The summed E-state index contributed by atoms with van der Waals surface area (Å²) in [6, 6.07) is 0.387. The fourth-order valence-corrected chi connectivity index (χ4v) is 2.01. The van der Waals surface area contributed by atoms with E-state index in [1.54, 1.807) is 0 Å². The van der Waals surface area contributed by atoms with Crippen LogP contribution in [0.2, 0.25) is 0 Å². The molecular weight excluding hydrogens is 210 g/mol. The third-order valence-electron chi connectivity index (χ3n) is 1.88. The zero-order valence-corrected chi connectivity index (χ0v) is 10.6. The van der Waals surface area contributed by atoms with Crippen LogP contribution in [-0.4, -0.2) is 22.0 Å². The predicted octanol–water partition coefficient (Wildman–Crippen LogP) is 2.85. The minimum Gasteiger partial charge on any atom is -0.370 e. The summed E-state index contributed by atoms with van der Waals surface area (Å²) in [5.41, 5.74) is 0. The van der Waals surface area contributed by atoms with Gasteiger partial charge in [0.25, 0.3) is 0 Å². The van der Waals surface area contributed by atoms with Crippen molar-refractivity contribution < 1.29 is 4.74 Å². The Balaban J connectivity index is 2.64. The topological polar surface area (TPSA) is 47.0 Å². The number of hydrogen-bond acceptors (Lipinski definition) is 5. The van der Waals surface area contributed by atoms with E-state index in [0.717, 1.165) is 17.4 Å². The maximum absolute atomic E-state index is 5.55. The number of nitrogens with zero attached hydrogens (tertiary/aromatic N) is 2. The monoisotopic (exact) mass is 229 g/mol. The van der Waals surface area contributed by atoms with Gasteiger partial charge in [-0.05, 0) is 27.2 Å². The Morgan fingerprint density at radius 3 is 2.67 bits per heavy atom. The molecule has 0 bridgehead atoms. The van der Waals surface area contributed by atoms with Crippen LogP contribution in [-0.2, 0) is 4.74 Å². The van der Waals surface area contributed by atoms with Crippen molar-refractivity contribution in [1.82, 2.24) is 9.36 Å². The normalized spacial score (nSPS) is 13.1. The highest BCUT2D eigenvalue weighted by molar-refractivity contribution is 7.09. The fourth-order valence-electron chi connectivity index (χ4n) is 1.25. The lowest BCUT2D eigenvalue weighted by atomic mass is 10.2. The minimum atomic E-state index is 0.0361. The molecule has 15 heavy (non-hydrogen) atoms. The maximum atomic E-state index is 5.55. The molecule has 1 heterocycles.